The van der Waals surface area contributed by atoms with Crippen LogP contribution in [0.15, 0.2) is 46.9 Å². The van der Waals surface area contributed by atoms with Gasteiger partial charge in [0.2, 0.25) is 0 Å². The summed E-state index contributed by atoms with van der Waals surface area (Å²) in [7, 11) is 1.68. The number of hydrogen-bond donors (Lipinski definition) is 1. The van der Waals surface area contributed by atoms with Gasteiger partial charge in [-0.15, -0.1) is 0 Å². The van der Waals surface area contributed by atoms with Crippen molar-refractivity contribution in [2.45, 2.75) is 26.3 Å². The fourth-order valence-electron chi connectivity index (χ4n) is 2.01. The summed E-state index contributed by atoms with van der Waals surface area (Å²) < 4.78 is 6.27. The second kappa shape index (κ2) is 6.80. The van der Waals surface area contributed by atoms with Crippen LogP contribution in [-0.2, 0) is 6.54 Å². The average molecular weight is 334 g/mol. The quantitative estimate of drug-likeness (QED) is 0.812. The van der Waals surface area contributed by atoms with E-state index in [1.807, 2.05) is 18.2 Å². The molecule has 0 aliphatic carbocycles. The molecule has 0 aliphatic heterocycles. The van der Waals surface area contributed by atoms with Crippen LogP contribution in [0.5, 0.6) is 5.75 Å². The number of methoxy groups -OCH3 is 1. The van der Waals surface area contributed by atoms with Crippen molar-refractivity contribution >= 4 is 21.6 Å². The lowest BCUT2D eigenvalue weighted by molar-refractivity contribution is 0.414. The highest BCUT2D eigenvalue weighted by Gasteiger charge is 2.01. The highest BCUT2D eigenvalue weighted by molar-refractivity contribution is 9.10. The predicted molar refractivity (Wildman–Crippen MR) is 88.6 cm³/mol. The summed E-state index contributed by atoms with van der Waals surface area (Å²) in [6.45, 7) is 5.22. The van der Waals surface area contributed by atoms with Crippen molar-refractivity contribution in [1.29, 1.82) is 0 Å². The number of halogens is 1. The lowest BCUT2D eigenvalue weighted by Gasteiger charge is -2.10. The van der Waals surface area contributed by atoms with Crippen LogP contribution in [-0.4, -0.2) is 7.11 Å². The zero-order valence-electron chi connectivity index (χ0n) is 12.1. The Balaban J connectivity index is 2.03. The minimum atomic E-state index is 0.575. The molecule has 0 atom stereocenters. The molecule has 2 rings (SSSR count). The number of benzene rings is 2. The molecule has 3 heteroatoms. The maximum absolute atomic E-state index is 5.26. The van der Waals surface area contributed by atoms with E-state index in [9.17, 15) is 0 Å². The third-order valence-corrected chi connectivity index (χ3v) is 3.71. The van der Waals surface area contributed by atoms with Gasteiger partial charge in [-0.2, -0.15) is 0 Å². The molecular weight excluding hydrogens is 314 g/mol. The van der Waals surface area contributed by atoms with Crippen LogP contribution in [0.2, 0.25) is 0 Å². The molecule has 0 aromatic heterocycles. The van der Waals surface area contributed by atoms with Crippen molar-refractivity contribution in [3.63, 3.8) is 0 Å². The molecule has 0 radical (unpaired) electrons. The first-order valence-corrected chi connectivity index (χ1v) is 7.55. The van der Waals surface area contributed by atoms with Crippen LogP contribution in [0, 0.1) is 0 Å². The predicted octanol–water partition coefficient (Wildman–Crippen LogP) is 5.19. The summed E-state index contributed by atoms with van der Waals surface area (Å²) in [6.07, 6.45) is 0. The molecular formula is C17H20BrNO. The first-order valence-electron chi connectivity index (χ1n) is 6.76. The Hall–Kier alpha value is -1.48. The third kappa shape index (κ3) is 4.01. The Labute approximate surface area is 129 Å². The van der Waals surface area contributed by atoms with Crippen LogP contribution in [0.4, 0.5) is 5.69 Å². The maximum Gasteiger partial charge on any atom is 0.122 e. The van der Waals surface area contributed by atoms with E-state index in [-0.39, 0.29) is 0 Å². The van der Waals surface area contributed by atoms with Crippen molar-refractivity contribution in [3.8, 4) is 5.75 Å². The smallest absolute Gasteiger partial charge is 0.122 e. The zero-order chi connectivity index (χ0) is 14.5. The Morgan fingerprint density at radius 3 is 2.40 bits per heavy atom. The molecule has 106 valence electrons. The van der Waals surface area contributed by atoms with Gasteiger partial charge in [-0.25, -0.2) is 0 Å². The van der Waals surface area contributed by atoms with Crippen molar-refractivity contribution < 1.29 is 4.74 Å². The number of nitrogens with one attached hydrogen (secondary N) is 1. The van der Waals surface area contributed by atoms with Crippen molar-refractivity contribution in [1.82, 2.24) is 0 Å². The molecule has 2 nitrogen and oxygen atoms in total. The molecule has 0 bridgehead atoms. The lowest BCUT2D eigenvalue weighted by atomic mass is 10.0. The van der Waals surface area contributed by atoms with Crippen LogP contribution in [0.3, 0.4) is 0 Å². The highest BCUT2D eigenvalue weighted by Crippen LogP contribution is 2.25. The molecule has 0 aliphatic rings. The lowest BCUT2D eigenvalue weighted by Crippen LogP contribution is -2.00. The fourth-order valence-corrected chi connectivity index (χ4v) is 2.48. The first kappa shape index (κ1) is 14.9. The van der Waals surface area contributed by atoms with E-state index in [0.717, 1.165) is 22.5 Å². The number of rotatable bonds is 5. The molecule has 0 fully saturated rings. The Kier molecular flexibility index (Phi) is 5.07. The van der Waals surface area contributed by atoms with E-state index in [1.54, 1.807) is 7.11 Å². The fraction of sp³-hybridized carbons (Fsp3) is 0.294. The van der Waals surface area contributed by atoms with Gasteiger partial charge in [0.25, 0.3) is 0 Å². The van der Waals surface area contributed by atoms with Gasteiger partial charge in [0.05, 0.1) is 7.11 Å². The number of ether oxygens (including phenoxy) is 1. The largest absolute Gasteiger partial charge is 0.497 e. The Bertz CT molecular complexity index is 564. The SMILES string of the molecule is COc1cc(Br)cc(NCc2ccc(C(C)C)cc2)c1. The van der Waals surface area contributed by atoms with E-state index in [1.165, 1.54) is 11.1 Å². The van der Waals surface area contributed by atoms with Crippen LogP contribution in [0.1, 0.15) is 30.9 Å². The molecule has 2 aromatic rings. The van der Waals surface area contributed by atoms with Crippen molar-refractivity contribution in [3.05, 3.63) is 58.1 Å². The van der Waals surface area contributed by atoms with E-state index in [4.69, 9.17) is 4.74 Å². The van der Waals surface area contributed by atoms with Gasteiger partial charge in [-0.3, -0.25) is 0 Å². The highest BCUT2D eigenvalue weighted by atomic mass is 79.9. The van der Waals surface area contributed by atoms with E-state index < -0.39 is 0 Å². The zero-order valence-corrected chi connectivity index (χ0v) is 13.7. The monoisotopic (exact) mass is 333 g/mol. The second-order valence-electron chi connectivity index (χ2n) is 5.13. The molecule has 0 heterocycles. The summed E-state index contributed by atoms with van der Waals surface area (Å²) in [5, 5.41) is 3.42. The summed E-state index contributed by atoms with van der Waals surface area (Å²) in [5.41, 5.74) is 3.69. The van der Waals surface area contributed by atoms with Crippen molar-refractivity contribution in [2.24, 2.45) is 0 Å². The van der Waals surface area contributed by atoms with E-state index >= 15 is 0 Å². The van der Waals surface area contributed by atoms with E-state index in [2.05, 4.69) is 59.4 Å². The van der Waals surface area contributed by atoms with Gasteiger partial charge in [-0.05, 0) is 29.2 Å². The van der Waals surface area contributed by atoms with Crippen LogP contribution < -0.4 is 10.1 Å². The molecule has 1 N–H and O–H groups in total. The molecule has 0 saturated carbocycles. The molecule has 0 amide bonds. The summed E-state index contributed by atoms with van der Waals surface area (Å²) in [4.78, 5) is 0. The van der Waals surface area contributed by atoms with Gasteiger partial charge < -0.3 is 10.1 Å². The molecule has 0 spiro atoms. The first-order chi connectivity index (χ1) is 9.58. The Morgan fingerprint density at radius 1 is 1.10 bits per heavy atom. The molecule has 0 unspecified atom stereocenters. The minimum Gasteiger partial charge on any atom is -0.497 e. The summed E-state index contributed by atoms with van der Waals surface area (Å²) in [6, 6.07) is 14.7. The number of hydrogen-bond acceptors (Lipinski definition) is 2. The average Bonchev–Trinajstić information content (AvgIpc) is 2.45. The second-order valence-corrected chi connectivity index (χ2v) is 6.05. The maximum atomic E-state index is 5.26. The topological polar surface area (TPSA) is 21.3 Å². The van der Waals surface area contributed by atoms with Crippen molar-refractivity contribution in [2.75, 3.05) is 12.4 Å². The Morgan fingerprint density at radius 2 is 1.80 bits per heavy atom. The van der Waals surface area contributed by atoms with Gasteiger partial charge in [0, 0.05) is 22.8 Å². The molecule has 0 saturated heterocycles. The van der Waals surface area contributed by atoms with Gasteiger partial charge in [0.1, 0.15) is 5.75 Å². The minimum absolute atomic E-state index is 0.575. The summed E-state index contributed by atoms with van der Waals surface area (Å²) in [5.74, 6) is 1.42. The summed E-state index contributed by atoms with van der Waals surface area (Å²) >= 11 is 3.49. The van der Waals surface area contributed by atoms with Crippen LogP contribution >= 0.6 is 15.9 Å². The van der Waals surface area contributed by atoms with Gasteiger partial charge >= 0.3 is 0 Å². The normalized spacial score (nSPS) is 10.7. The molecule has 20 heavy (non-hydrogen) atoms. The standard InChI is InChI=1S/C17H20BrNO/c1-12(2)14-6-4-13(5-7-14)11-19-16-8-15(18)9-17(10-16)20-3/h4-10,12,19H,11H2,1-3H3. The van der Waals surface area contributed by atoms with Crippen LogP contribution in [0.25, 0.3) is 0 Å². The van der Waals surface area contributed by atoms with Gasteiger partial charge in [0.15, 0.2) is 0 Å². The number of anilines is 1. The molecule has 2 aromatic carbocycles. The van der Waals surface area contributed by atoms with E-state index in [0.29, 0.717) is 5.92 Å². The third-order valence-electron chi connectivity index (χ3n) is 3.25. The van der Waals surface area contributed by atoms with Gasteiger partial charge in [-0.1, -0.05) is 54.0 Å².